The molecule has 8 heteroatoms. The normalized spacial score (nSPS) is 15.3. The zero-order valence-corrected chi connectivity index (χ0v) is 12.0. The maximum Gasteiger partial charge on any atom is 0.425 e. The minimum atomic E-state index is -5.18. The molecule has 0 saturated heterocycles. The zero-order chi connectivity index (χ0) is 17.5. The van der Waals surface area contributed by atoms with Gasteiger partial charge < -0.3 is 5.11 Å². The third kappa shape index (κ3) is 3.16. The molecule has 0 aliphatic carbocycles. The largest absolute Gasteiger partial charge is 0.425 e. The van der Waals surface area contributed by atoms with Crippen LogP contribution in [-0.4, -0.2) is 11.3 Å². The molecule has 0 radical (unpaired) electrons. The average Bonchev–Trinajstić information content (AvgIpc) is 2.45. The Labute approximate surface area is 132 Å². The molecule has 0 saturated carbocycles. The number of hydrogen-bond acceptors (Lipinski definition) is 1. The molecule has 2 rings (SSSR count). The van der Waals surface area contributed by atoms with E-state index in [9.17, 15) is 31.4 Å². The van der Waals surface area contributed by atoms with Crippen molar-refractivity contribution in [2.24, 2.45) is 0 Å². The second-order valence-corrected chi connectivity index (χ2v) is 5.17. The summed E-state index contributed by atoms with van der Waals surface area (Å²) in [5, 5.41) is 9.92. The Morgan fingerprint density at radius 2 is 1.22 bits per heavy atom. The SMILES string of the molecule is OC(c1ccc(C(F)(F)F)cc1)(c1ccccc1Cl)C(F)(F)F. The van der Waals surface area contributed by atoms with Crippen molar-refractivity contribution in [3.8, 4) is 0 Å². The van der Waals surface area contributed by atoms with Crippen LogP contribution in [0.2, 0.25) is 5.02 Å². The van der Waals surface area contributed by atoms with Crippen molar-refractivity contribution in [2.75, 3.05) is 0 Å². The van der Waals surface area contributed by atoms with Gasteiger partial charge >= 0.3 is 12.4 Å². The van der Waals surface area contributed by atoms with E-state index in [1.807, 2.05) is 0 Å². The van der Waals surface area contributed by atoms with Crippen LogP contribution in [0.15, 0.2) is 48.5 Å². The van der Waals surface area contributed by atoms with E-state index in [1.54, 1.807) is 0 Å². The average molecular weight is 355 g/mol. The number of rotatable bonds is 2. The van der Waals surface area contributed by atoms with Gasteiger partial charge in [-0.05, 0) is 23.8 Å². The van der Waals surface area contributed by atoms with E-state index in [0.717, 1.165) is 12.1 Å². The Morgan fingerprint density at radius 1 is 0.739 bits per heavy atom. The lowest BCUT2D eigenvalue weighted by Gasteiger charge is -2.32. The van der Waals surface area contributed by atoms with Crippen LogP contribution < -0.4 is 0 Å². The van der Waals surface area contributed by atoms with Crippen molar-refractivity contribution in [2.45, 2.75) is 18.0 Å². The second-order valence-electron chi connectivity index (χ2n) is 4.76. The first-order valence-electron chi connectivity index (χ1n) is 6.20. The number of hydrogen-bond donors (Lipinski definition) is 1. The highest BCUT2D eigenvalue weighted by atomic mass is 35.5. The first-order chi connectivity index (χ1) is 10.5. The van der Waals surface area contributed by atoms with Gasteiger partial charge in [-0.15, -0.1) is 0 Å². The summed E-state index contributed by atoms with van der Waals surface area (Å²) >= 11 is 5.73. The van der Waals surface area contributed by atoms with Gasteiger partial charge in [0.15, 0.2) is 0 Å². The minimum absolute atomic E-state index is 0.354. The van der Waals surface area contributed by atoms with Gasteiger partial charge in [-0.3, -0.25) is 0 Å². The molecule has 0 aliphatic rings. The van der Waals surface area contributed by atoms with Crippen molar-refractivity contribution in [3.63, 3.8) is 0 Å². The Hall–Kier alpha value is -1.73. The summed E-state index contributed by atoms with van der Waals surface area (Å²) in [7, 11) is 0. The van der Waals surface area contributed by atoms with Gasteiger partial charge in [0, 0.05) is 10.6 Å². The molecule has 1 atom stereocenters. The van der Waals surface area contributed by atoms with Crippen LogP contribution in [0.4, 0.5) is 26.3 Å². The molecule has 124 valence electrons. The molecule has 1 nitrogen and oxygen atoms in total. The fourth-order valence-electron chi connectivity index (χ4n) is 2.13. The van der Waals surface area contributed by atoms with E-state index in [2.05, 4.69) is 0 Å². The third-order valence-electron chi connectivity index (χ3n) is 3.30. The van der Waals surface area contributed by atoms with E-state index < -0.39 is 34.6 Å². The summed E-state index contributed by atoms with van der Waals surface area (Å²) in [5.41, 5.74) is -6.06. The van der Waals surface area contributed by atoms with Gasteiger partial charge in [0.1, 0.15) is 0 Å². The molecular weight excluding hydrogens is 346 g/mol. The van der Waals surface area contributed by atoms with Crippen LogP contribution in [0.5, 0.6) is 0 Å². The minimum Gasteiger partial charge on any atom is -0.372 e. The van der Waals surface area contributed by atoms with Crippen LogP contribution in [0.1, 0.15) is 16.7 Å². The first-order valence-corrected chi connectivity index (χ1v) is 6.57. The van der Waals surface area contributed by atoms with Crippen LogP contribution in [0, 0.1) is 0 Å². The standard InChI is InChI=1S/C15H9ClF6O/c16-12-4-2-1-3-11(12)13(23,15(20,21)22)9-5-7-10(8-6-9)14(17,18)19/h1-8,23H. The monoisotopic (exact) mass is 354 g/mol. The Morgan fingerprint density at radius 3 is 1.65 bits per heavy atom. The smallest absolute Gasteiger partial charge is 0.372 e. The summed E-state index contributed by atoms with van der Waals surface area (Å²) in [6.45, 7) is 0. The Balaban J connectivity index is 2.64. The lowest BCUT2D eigenvalue weighted by atomic mass is 9.85. The van der Waals surface area contributed by atoms with E-state index in [1.165, 1.54) is 12.1 Å². The molecule has 0 fully saturated rings. The molecule has 1 N–H and O–H groups in total. The topological polar surface area (TPSA) is 20.2 Å². The third-order valence-corrected chi connectivity index (χ3v) is 3.63. The van der Waals surface area contributed by atoms with E-state index in [-0.39, 0.29) is 5.02 Å². The molecular formula is C15H9ClF6O. The van der Waals surface area contributed by atoms with Crippen molar-refractivity contribution >= 4 is 11.6 Å². The fourth-order valence-corrected chi connectivity index (χ4v) is 2.40. The fraction of sp³-hybridized carbons (Fsp3) is 0.200. The lowest BCUT2D eigenvalue weighted by molar-refractivity contribution is -0.248. The maximum atomic E-state index is 13.5. The summed E-state index contributed by atoms with van der Waals surface area (Å²) in [6.07, 6.45) is -9.88. The highest BCUT2D eigenvalue weighted by Crippen LogP contribution is 2.46. The molecule has 0 spiro atoms. The quantitative estimate of drug-likeness (QED) is 0.739. The van der Waals surface area contributed by atoms with Gasteiger partial charge in [0.2, 0.25) is 5.60 Å². The molecule has 0 bridgehead atoms. The van der Waals surface area contributed by atoms with Crippen LogP contribution >= 0.6 is 11.6 Å². The molecule has 1 unspecified atom stereocenters. The highest BCUT2D eigenvalue weighted by molar-refractivity contribution is 6.31. The van der Waals surface area contributed by atoms with E-state index in [0.29, 0.717) is 24.3 Å². The van der Waals surface area contributed by atoms with Crippen LogP contribution in [0.25, 0.3) is 0 Å². The molecule has 0 heterocycles. The van der Waals surface area contributed by atoms with Crippen molar-refractivity contribution in [3.05, 3.63) is 70.2 Å². The number of benzene rings is 2. The van der Waals surface area contributed by atoms with Crippen LogP contribution in [-0.2, 0) is 11.8 Å². The van der Waals surface area contributed by atoms with Gasteiger partial charge in [-0.2, -0.15) is 26.3 Å². The maximum absolute atomic E-state index is 13.5. The molecule has 23 heavy (non-hydrogen) atoms. The summed E-state index contributed by atoms with van der Waals surface area (Å²) in [5.74, 6) is 0. The molecule has 0 aliphatic heterocycles. The van der Waals surface area contributed by atoms with E-state index in [4.69, 9.17) is 11.6 Å². The van der Waals surface area contributed by atoms with E-state index >= 15 is 0 Å². The van der Waals surface area contributed by atoms with Gasteiger partial charge in [-0.1, -0.05) is 41.9 Å². The zero-order valence-electron chi connectivity index (χ0n) is 11.2. The first kappa shape index (κ1) is 17.6. The van der Waals surface area contributed by atoms with Crippen LogP contribution in [0.3, 0.4) is 0 Å². The molecule has 0 amide bonds. The summed E-state index contributed by atoms with van der Waals surface area (Å²) < 4.78 is 78.0. The highest BCUT2D eigenvalue weighted by Gasteiger charge is 2.57. The van der Waals surface area contributed by atoms with Gasteiger partial charge in [0.25, 0.3) is 0 Å². The van der Waals surface area contributed by atoms with Gasteiger partial charge in [-0.25, -0.2) is 0 Å². The number of halogens is 7. The molecule has 0 aromatic heterocycles. The number of aliphatic hydroxyl groups is 1. The predicted molar refractivity (Wildman–Crippen MR) is 71.9 cm³/mol. The molecule has 2 aromatic rings. The van der Waals surface area contributed by atoms with Crippen molar-refractivity contribution in [1.82, 2.24) is 0 Å². The van der Waals surface area contributed by atoms with Crippen molar-refractivity contribution in [1.29, 1.82) is 0 Å². The summed E-state index contributed by atoms with van der Waals surface area (Å²) in [4.78, 5) is 0. The summed E-state index contributed by atoms with van der Waals surface area (Å²) in [6, 6.07) is 6.84. The predicted octanol–water partition coefficient (Wildman–Crippen LogP) is 5.16. The second kappa shape index (κ2) is 5.72. The molecule has 2 aromatic carbocycles. The van der Waals surface area contributed by atoms with Gasteiger partial charge in [0.05, 0.1) is 5.56 Å². The Bertz CT molecular complexity index is 692. The number of alkyl halides is 6. The lowest BCUT2D eigenvalue weighted by Crippen LogP contribution is -2.43. The Kier molecular flexibility index (Phi) is 4.38. The van der Waals surface area contributed by atoms with Crippen molar-refractivity contribution < 1.29 is 31.4 Å².